The number of carbonyl (C=O) groups excluding carboxylic acids is 2. The van der Waals surface area contributed by atoms with Gasteiger partial charge in [-0.1, -0.05) is 19.1 Å². The normalized spacial score (nSPS) is 21.2. The van der Waals surface area contributed by atoms with E-state index in [1.54, 1.807) is 0 Å². The SMILES string of the molecule is CCC(=S)C(CC1CC(=O)N1)C(=O)OC. The molecule has 15 heavy (non-hydrogen) atoms. The van der Waals surface area contributed by atoms with E-state index < -0.39 is 0 Å². The van der Waals surface area contributed by atoms with Gasteiger partial charge in [0, 0.05) is 17.3 Å². The summed E-state index contributed by atoms with van der Waals surface area (Å²) in [6, 6.07) is 0.0751. The van der Waals surface area contributed by atoms with Crippen molar-refractivity contribution in [3.63, 3.8) is 0 Å². The number of β-lactam (4-membered cyclic amide) rings is 1. The van der Waals surface area contributed by atoms with Gasteiger partial charge in [0.25, 0.3) is 0 Å². The van der Waals surface area contributed by atoms with E-state index in [0.29, 0.717) is 24.1 Å². The quantitative estimate of drug-likeness (QED) is 0.431. The highest BCUT2D eigenvalue weighted by Gasteiger charge is 2.32. The van der Waals surface area contributed by atoms with Crippen LogP contribution in [0.25, 0.3) is 0 Å². The van der Waals surface area contributed by atoms with Crippen LogP contribution in [0, 0.1) is 5.92 Å². The molecular formula is C10H15NO3S. The van der Waals surface area contributed by atoms with Crippen molar-refractivity contribution in [2.75, 3.05) is 7.11 Å². The van der Waals surface area contributed by atoms with E-state index >= 15 is 0 Å². The number of hydrogen-bond donors (Lipinski definition) is 1. The van der Waals surface area contributed by atoms with Gasteiger partial charge in [-0.25, -0.2) is 0 Å². The fraction of sp³-hybridized carbons (Fsp3) is 0.700. The van der Waals surface area contributed by atoms with Gasteiger partial charge in [0.15, 0.2) is 0 Å². The highest BCUT2D eigenvalue weighted by atomic mass is 32.1. The number of carbonyl (C=O) groups is 2. The van der Waals surface area contributed by atoms with Crippen molar-refractivity contribution >= 4 is 29.0 Å². The molecule has 1 N–H and O–H groups in total. The molecule has 1 aliphatic heterocycles. The molecule has 0 radical (unpaired) electrons. The first-order chi connectivity index (χ1) is 7.08. The molecule has 0 spiro atoms. The van der Waals surface area contributed by atoms with E-state index in [9.17, 15) is 9.59 Å². The summed E-state index contributed by atoms with van der Waals surface area (Å²) in [5.41, 5.74) is 0. The van der Waals surface area contributed by atoms with Crippen LogP contribution in [0.4, 0.5) is 0 Å². The molecule has 0 aromatic carbocycles. The fourth-order valence-electron chi connectivity index (χ4n) is 1.60. The monoisotopic (exact) mass is 229 g/mol. The predicted octanol–water partition coefficient (Wildman–Crippen LogP) is 0.834. The lowest BCUT2D eigenvalue weighted by Crippen LogP contribution is -2.50. The molecule has 2 unspecified atom stereocenters. The van der Waals surface area contributed by atoms with E-state index in [0.717, 1.165) is 0 Å². The third kappa shape index (κ3) is 2.99. The maximum Gasteiger partial charge on any atom is 0.313 e. The topological polar surface area (TPSA) is 55.4 Å². The zero-order chi connectivity index (χ0) is 11.4. The molecule has 2 atom stereocenters. The first kappa shape index (κ1) is 12.1. The standard InChI is InChI=1S/C10H15NO3S/c1-3-8(15)7(10(13)14-2)4-6-5-9(12)11-6/h6-7H,3-5H2,1-2H3,(H,11,12). The summed E-state index contributed by atoms with van der Waals surface area (Å²) < 4.78 is 4.69. The second kappa shape index (κ2) is 5.21. The molecule has 0 bridgehead atoms. The van der Waals surface area contributed by atoms with Crippen molar-refractivity contribution < 1.29 is 14.3 Å². The Hall–Kier alpha value is -0.970. The van der Waals surface area contributed by atoms with Gasteiger partial charge >= 0.3 is 5.97 Å². The Balaban J connectivity index is 2.53. The largest absolute Gasteiger partial charge is 0.469 e. The molecule has 0 aromatic heterocycles. The van der Waals surface area contributed by atoms with E-state index in [4.69, 9.17) is 17.0 Å². The van der Waals surface area contributed by atoms with E-state index in [2.05, 4.69) is 5.32 Å². The minimum atomic E-state index is -0.361. The van der Waals surface area contributed by atoms with Crippen LogP contribution in [-0.2, 0) is 14.3 Å². The fourth-order valence-corrected chi connectivity index (χ4v) is 1.80. The van der Waals surface area contributed by atoms with Crippen LogP contribution in [0.3, 0.4) is 0 Å². The van der Waals surface area contributed by atoms with Gasteiger partial charge in [-0.15, -0.1) is 0 Å². The van der Waals surface area contributed by atoms with E-state index in [1.807, 2.05) is 6.92 Å². The average Bonchev–Trinajstić information content (AvgIpc) is 2.20. The lowest BCUT2D eigenvalue weighted by Gasteiger charge is -2.29. The summed E-state index contributed by atoms with van der Waals surface area (Å²) in [6.45, 7) is 1.91. The average molecular weight is 229 g/mol. The van der Waals surface area contributed by atoms with Crippen LogP contribution in [0.1, 0.15) is 26.2 Å². The van der Waals surface area contributed by atoms with Crippen LogP contribution in [0.5, 0.6) is 0 Å². The van der Waals surface area contributed by atoms with Crippen LogP contribution in [0.2, 0.25) is 0 Å². The number of thiocarbonyl (C=S) groups is 1. The van der Waals surface area contributed by atoms with Crippen molar-refractivity contribution in [3.8, 4) is 0 Å². The number of amides is 1. The minimum absolute atomic E-state index is 0.0334. The highest BCUT2D eigenvalue weighted by molar-refractivity contribution is 7.80. The van der Waals surface area contributed by atoms with Gasteiger partial charge in [-0.3, -0.25) is 9.59 Å². The van der Waals surface area contributed by atoms with Gasteiger partial charge in [0.05, 0.1) is 13.0 Å². The lowest BCUT2D eigenvalue weighted by molar-refractivity contribution is -0.144. The van der Waals surface area contributed by atoms with Crippen molar-refractivity contribution in [2.24, 2.45) is 5.92 Å². The Morgan fingerprint density at radius 3 is 2.73 bits per heavy atom. The molecule has 84 valence electrons. The molecule has 1 aliphatic rings. The Labute approximate surface area is 94.4 Å². The van der Waals surface area contributed by atoms with Crippen LogP contribution in [-0.4, -0.2) is 29.9 Å². The summed E-state index contributed by atoms with van der Waals surface area (Å²) in [7, 11) is 1.35. The molecule has 1 heterocycles. The van der Waals surface area contributed by atoms with Gasteiger partial charge in [-0.2, -0.15) is 0 Å². The molecular weight excluding hydrogens is 214 g/mol. The second-order valence-corrected chi connectivity index (χ2v) is 4.12. The molecule has 1 fully saturated rings. The Kier molecular flexibility index (Phi) is 4.20. The number of esters is 1. The predicted molar refractivity (Wildman–Crippen MR) is 59.6 cm³/mol. The second-order valence-electron chi connectivity index (χ2n) is 3.60. The number of hydrogen-bond acceptors (Lipinski definition) is 4. The molecule has 1 saturated heterocycles. The lowest BCUT2D eigenvalue weighted by atomic mass is 9.90. The van der Waals surface area contributed by atoms with Gasteiger partial charge in [0.2, 0.25) is 5.91 Å². The van der Waals surface area contributed by atoms with Crippen LogP contribution < -0.4 is 5.32 Å². The first-order valence-corrected chi connectivity index (χ1v) is 5.39. The van der Waals surface area contributed by atoms with Gasteiger partial charge in [0.1, 0.15) is 0 Å². The maximum absolute atomic E-state index is 11.4. The zero-order valence-electron chi connectivity index (χ0n) is 8.91. The maximum atomic E-state index is 11.4. The minimum Gasteiger partial charge on any atom is -0.469 e. The number of rotatable bonds is 5. The summed E-state index contributed by atoms with van der Waals surface area (Å²) in [6.07, 6.45) is 1.72. The summed E-state index contributed by atoms with van der Waals surface area (Å²) >= 11 is 5.13. The van der Waals surface area contributed by atoms with Crippen molar-refractivity contribution in [1.29, 1.82) is 0 Å². The third-order valence-corrected chi connectivity index (χ3v) is 3.11. The Morgan fingerprint density at radius 2 is 2.33 bits per heavy atom. The Bertz CT molecular complexity index is 266. The number of methoxy groups -OCH3 is 1. The van der Waals surface area contributed by atoms with E-state index in [-0.39, 0.29) is 23.8 Å². The number of nitrogens with one attached hydrogen (secondary N) is 1. The molecule has 4 nitrogen and oxygen atoms in total. The van der Waals surface area contributed by atoms with Crippen molar-refractivity contribution in [1.82, 2.24) is 5.32 Å². The van der Waals surface area contributed by atoms with Crippen LogP contribution in [0.15, 0.2) is 0 Å². The van der Waals surface area contributed by atoms with E-state index in [1.165, 1.54) is 7.11 Å². The third-order valence-electron chi connectivity index (χ3n) is 2.54. The molecule has 5 heteroatoms. The van der Waals surface area contributed by atoms with Crippen molar-refractivity contribution in [3.05, 3.63) is 0 Å². The molecule has 1 rings (SSSR count). The van der Waals surface area contributed by atoms with Crippen LogP contribution >= 0.6 is 12.2 Å². The summed E-state index contributed by atoms with van der Waals surface area (Å²) in [4.78, 5) is 22.9. The smallest absolute Gasteiger partial charge is 0.313 e. The molecule has 0 saturated carbocycles. The van der Waals surface area contributed by atoms with Gasteiger partial charge in [-0.05, 0) is 12.8 Å². The molecule has 1 amide bonds. The Morgan fingerprint density at radius 1 is 1.73 bits per heavy atom. The van der Waals surface area contributed by atoms with Crippen molar-refractivity contribution in [2.45, 2.75) is 32.2 Å². The highest BCUT2D eigenvalue weighted by Crippen LogP contribution is 2.19. The molecule has 0 aliphatic carbocycles. The summed E-state index contributed by atoms with van der Waals surface area (Å²) in [5, 5.41) is 2.72. The summed E-state index contributed by atoms with van der Waals surface area (Å²) in [5.74, 6) is -0.630. The zero-order valence-corrected chi connectivity index (χ0v) is 9.73. The first-order valence-electron chi connectivity index (χ1n) is 4.98. The molecule has 0 aromatic rings. The van der Waals surface area contributed by atoms with Gasteiger partial charge < -0.3 is 10.1 Å². The number of ether oxygens (including phenoxy) is 1.